The van der Waals surface area contributed by atoms with Gasteiger partial charge in [0.1, 0.15) is 0 Å². The maximum atomic E-state index is 12.5. The van der Waals surface area contributed by atoms with Gasteiger partial charge in [-0.15, -0.1) is 0 Å². The largest absolute Gasteiger partial charge is 0.465 e. The Bertz CT molecular complexity index is 833. The lowest BCUT2D eigenvalue weighted by atomic mass is 9.96. The van der Waals surface area contributed by atoms with Gasteiger partial charge in [0.2, 0.25) is 5.91 Å². The number of hydrogen-bond acceptors (Lipinski definition) is 5. The van der Waals surface area contributed by atoms with E-state index in [1.807, 2.05) is 6.07 Å². The zero-order chi connectivity index (χ0) is 21.3. The molecule has 1 amide bonds. The third kappa shape index (κ3) is 6.40. The van der Waals surface area contributed by atoms with Crippen molar-refractivity contribution in [1.29, 1.82) is 0 Å². The number of hydrogen-bond donors (Lipinski definition) is 1. The first-order valence-electron chi connectivity index (χ1n) is 10.5. The Morgan fingerprint density at radius 1 is 1.07 bits per heavy atom. The predicted octanol–water partition coefficient (Wildman–Crippen LogP) is 3.26. The number of nitrogens with zero attached hydrogens (tertiary/aromatic N) is 2. The molecule has 1 heterocycles. The number of amides is 1. The highest BCUT2D eigenvalue weighted by Crippen LogP contribution is 2.20. The van der Waals surface area contributed by atoms with E-state index in [0.717, 1.165) is 39.0 Å². The van der Waals surface area contributed by atoms with Crippen molar-refractivity contribution in [2.45, 2.75) is 19.4 Å². The highest BCUT2D eigenvalue weighted by Gasteiger charge is 2.22. The highest BCUT2D eigenvalue weighted by molar-refractivity contribution is 6.01. The molecule has 1 N–H and O–H groups in total. The summed E-state index contributed by atoms with van der Waals surface area (Å²) in [4.78, 5) is 28.9. The monoisotopic (exact) mass is 409 g/mol. The molecule has 1 saturated heterocycles. The van der Waals surface area contributed by atoms with E-state index in [0.29, 0.717) is 23.7 Å². The molecule has 160 valence electrons. The van der Waals surface area contributed by atoms with E-state index in [1.165, 1.54) is 12.7 Å². The predicted molar refractivity (Wildman–Crippen MR) is 118 cm³/mol. The molecule has 6 nitrogen and oxygen atoms in total. The molecule has 1 aliphatic rings. The van der Waals surface area contributed by atoms with Crippen molar-refractivity contribution < 1.29 is 14.3 Å². The van der Waals surface area contributed by atoms with Gasteiger partial charge in [0.25, 0.3) is 0 Å². The zero-order valence-electron chi connectivity index (χ0n) is 17.8. The minimum atomic E-state index is -0.452. The van der Waals surface area contributed by atoms with E-state index in [-0.39, 0.29) is 5.91 Å². The molecule has 0 atom stereocenters. The second kappa shape index (κ2) is 10.9. The minimum Gasteiger partial charge on any atom is -0.465 e. The number of esters is 1. The molecule has 0 unspecified atom stereocenters. The fourth-order valence-corrected chi connectivity index (χ4v) is 4.00. The van der Waals surface area contributed by atoms with Crippen molar-refractivity contribution in [3.63, 3.8) is 0 Å². The number of ether oxygens (including phenoxy) is 1. The summed E-state index contributed by atoms with van der Waals surface area (Å²) < 4.78 is 4.78. The smallest absolute Gasteiger partial charge is 0.339 e. The van der Waals surface area contributed by atoms with E-state index in [9.17, 15) is 9.59 Å². The van der Waals surface area contributed by atoms with Crippen molar-refractivity contribution in [2.24, 2.45) is 5.92 Å². The Morgan fingerprint density at radius 3 is 2.43 bits per heavy atom. The van der Waals surface area contributed by atoms with Crippen LogP contribution in [0, 0.1) is 5.92 Å². The van der Waals surface area contributed by atoms with Gasteiger partial charge < -0.3 is 15.0 Å². The molecule has 30 heavy (non-hydrogen) atoms. The maximum absolute atomic E-state index is 12.5. The standard InChI is InChI=1S/C24H31N3O3/c1-26(16-19-8-4-3-5-9-19)17-20-12-14-27(15-13-20)18-23(28)25-22-11-7-6-10-21(22)24(29)30-2/h3-11,20H,12-18H2,1-2H3,(H,25,28). The van der Waals surface area contributed by atoms with Crippen molar-refractivity contribution in [2.75, 3.05) is 45.7 Å². The number of benzene rings is 2. The van der Waals surface area contributed by atoms with Crippen LogP contribution in [0.25, 0.3) is 0 Å². The topological polar surface area (TPSA) is 61.9 Å². The van der Waals surface area contributed by atoms with Gasteiger partial charge in [-0.25, -0.2) is 4.79 Å². The molecular weight excluding hydrogens is 378 g/mol. The van der Waals surface area contributed by atoms with Crippen LogP contribution in [0.1, 0.15) is 28.8 Å². The first-order valence-corrected chi connectivity index (χ1v) is 10.5. The van der Waals surface area contributed by atoms with Crippen LogP contribution in [-0.4, -0.2) is 62.0 Å². The summed E-state index contributed by atoms with van der Waals surface area (Å²) in [5, 5.41) is 2.85. The van der Waals surface area contributed by atoms with Gasteiger partial charge in [0.15, 0.2) is 0 Å². The maximum Gasteiger partial charge on any atom is 0.339 e. The number of carbonyl (C=O) groups excluding carboxylic acids is 2. The third-order valence-corrected chi connectivity index (χ3v) is 5.55. The van der Waals surface area contributed by atoms with Crippen LogP contribution in [0.15, 0.2) is 54.6 Å². The van der Waals surface area contributed by atoms with Crippen LogP contribution in [0.3, 0.4) is 0 Å². The lowest BCUT2D eigenvalue weighted by Crippen LogP contribution is -2.41. The second-order valence-corrected chi connectivity index (χ2v) is 7.99. The Balaban J connectivity index is 1.42. The van der Waals surface area contributed by atoms with Crippen LogP contribution in [0.4, 0.5) is 5.69 Å². The van der Waals surface area contributed by atoms with Crippen molar-refractivity contribution >= 4 is 17.6 Å². The Hall–Kier alpha value is -2.70. The van der Waals surface area contributed by atoms with Crippen LogP contribution in [0.5, 0.6) is 0 Å². The van der Waals surface area contributed by atoms with E-state index in [1.54, 1.807) is 24.3 Å². The van der Waals surface area contributed by atoms with Gasteiger partial charge in [-0.05, 0) is 56.6 Å². The fraction of sp³-hybridized carbons (Fsp3) is 0.417. The minimum absolute atomic E-state index is 0.106. The molecule has 1 aliphatic heterocycles. The summed E-state index contributed by atoms with van der Waals surface area (Å²) >= 11 is 0. The molecule has 0 radical (unpaired) electrons. The molecule has 2 aromatic rings. The molecule has 3 rings (SSSR count). The molecule has 0 aliphatic carbocycles. The third-order valence-electron chi connectivity index (χ3n) is 5.55. The summed E-state index contributed by atoms with van der Waals surface area (Å²) in [5.74, 6) is 0.0930. The molecular formula is C24H31N3O3. The quantitative estimate of drug-likeness (QED) is 0.678. The first-order chi connectivity index (χ1) is 14.5. The molecule has 2 aromatic carbocycles. The normalized spacial score (nSPS) is 15.2. The number of anilines is 1. The summed E-state index contributed by atoms with van der Waals surface area (Å²) in [6, 6.07) is 17.4. The second-order valence-electron chi connectivity index (χ2n) is 7.99. The van der Waals surface area contributed by atoms with Gasteiger partial charge in [0.05, 0.1) is 24.9 Å². The highest BCUT2D eigenvalue weighted by atomic mass is 16.5. The number of carbonyl (C=O) groups is 2. The van der Waals surface area contributed by atoms with E-state index < -0.39 is 5.97 Å². The lowest BCUT2D eigenvalue weighted by molar-refractivity contribution is -0.117. The van der Waals surface area contributed by atoms with Crippen LogP contribution < -0.4 is 5.32 Å². The average Bonchev–Trinajstić information content (AvgIpc) is 2.75. The number of rotatable bonds is 8. The molecule has 0 spiro atoms. The van der Waals surface area contributed by atoms with Crippen LogP contribution >= 0.6 is 0 Å². The SMILES string of the molecule is COC(=O)c1ccccc1NC(=O)CN1CCC(CN(C)Cc2ccccc2)CC1. The van der Waals surface area contributed by atoms with E-state index >= 15 is 0 Å². The number of piperidine rings is 1. The van der Waals surface area contributed by atoms with Crippen LogP contribution in [-0.2, 0) is 16.1 Å². The molecule has 0 saturated carbocycles. The summed E-state index contributed by atoms with van der Waals surface area (Å²) in [7, 11) is 3.51. The number of likely N-dealkylation sites (tertiary alicyclic amines) is 1. The summed E-state index contributed by atoms with van der Waals surface area (Å²) in [5.41, 5.74) is 2.20. The molecule has 6 heteroatoms. The molecule has 0 aromatic heterocycles. The Labute approximate surface area is 178 Å². The summed E-state index contributed by atoms with van der Waals surface area (Å²) in [6.45, 7) is 4.19. The summed E-state index contributed by atoms with van der Waals surface area (Å²) in [6.07, 6.45) is 2.18. The van der Waals surface area contributed by atoms with Crippen molar-refractivity contribution in [1.82, 2.24) is 9.80 Å². The number of para-hydroxylation sites is 1. The number of nitrogens with one attached hydrogen (secondary N) is 1. The Morgan fingerprint density at radius 2 is 1.73 bits per heavy atom. The fourth-order valence-electron chi connectivity index (χ4n) is 4.00. The average molecular weight is 410 g/mol. The van der Waals surface area contributed by atoms with E-state index in [4.69, 9.17) is 4.74 Å². The van der Waals surface area contributed by atoms with Gasteiger partial charge in [-0.1, -0.05) is 42.5 Å². The number of methoxy groups -OCH3 is 1. The van der Waals surface area contributed by atoms with Gasteiger partial charge in [-0.2, -0.15) is 0 Å². The van der Waals surface area contributed by atoms with Gasteiger partial charge >= 0.3 is 5.97 Å². The first kappa shape index (κ1) is 22.0. The lowest BCUT2D eigenvalue weighted by Gasteiger charge is -2.33. The van der Waals surface area contributed by atoms with Crippen LogP contribution in [0.2, 0.25) is 0 Å². The molecule has 1 fully saturated rings. The van der Waals surface area contributed by atoms with Crippen molar-refractivity contribution in [3.05, 3.63) is 65.7 Å². The van der Waals surface area contributed by atoms with E-state index in [2.05, 4.69) is 46.4 Å². The molecule has 0 bridgehead atoms. The Kier molecular flexibility index (Phi) is 7.99. The van der Waals surface area contributed by atoms with Gasteiger partial charge in [0, 0.05) is 13.1 Å². The zero-order valence-corrected chi connectivity index (χ0v) is 17.8. The van der Waals surface area contributed by atoms with Crippen molar-refractivity contribution in [3.8, 4) is 0 Å². The van der Waals surface area contributed by atoms with Gasteiger partial charge in [-0.3, -0.25) is 9.69 Å².